The highest BCUT2D eigenvalue weighted by Crippen LogP contribution is 1.90. The third kappa shape index (κ3) is 9.20. The van der Waals surface area contributed by atoms with E-state index in [1.54, 1.807) is 0 Å². The molecule has 7 nitrogen and oxygen atoms in total. The van der Waals surface area contributed by atoms with Crippen LogP contribution in [-0.2, 0) is 19.1 Å². The summed E-state index contributed by atoms with van der Waals surface area (Å²) in [7, 11) is 0. The summed E-state index contributed by atoms with van der Waals surface area (Å²) in [5.74, 6) is 9.52. The van der Waals surface area contributed by atoms with E-state index >= 15 is 0 Å². The van der Waals surface area contributed by atoms with E-state index in [0.717, 1.165) is 0 Å². The van der Waals surface area contributed by atoms with Crippen LogP contribution < -0.4 is 11.8 Å². The summed E-state index contributed by atoms with van der Waals surface area (Å²) in [6, 6.07) is 0. The van der Waals surface area contributed by atoms with Crippen molar-refractivity contribution >= 4 is 6.16 Å². The van der Waals surface area contributed by atoms with Gasteiger partial charge in [-0.2, -0.15) is 0 Å². The van der Waals surface area contributed by atoms with Crippen molar-refractivity contribution < 1.29 is 23.9 Å². The molecule has 0 saturated heterocycles. The average molecular weight is 208 g/mol. The van der Waals surface area contributed by atoms with Crippen LogP contribution in [0.1, 0.15) is 12.8 Å². The standard InChI is InChI=1S/C7H16N2O5/c8-13-5-1-3-11-7(10)12-4-2-6-14-9/h1-6,8-9H2. The minimum atomic E-state index is -0.709. The predicted octanol–water partition coefficient (Wildman–Crippen LogP) is -0.300. The van der Waals surface area contributed by atoms with Crippen LogP contribution >= 0.6 is 0 Å². The number of rotatable bonds is 8. The Balaban J connectivity index is 3.11. The lowest BCUT2D eigenvalue weighted by atomic mass is 10.5. The van der Waals surface area contributed by atoms with Crippen LogP contribution in [-0.4, -0.2) is 32.6 Å². The molecule has 7 heteroatoms. The molecule has 0 saturated carbocycles. The topological polar surface area (TPSA) is 106 Å². The molecule has 0 bridgehead atoms. The lowest BCUT2D eigenvalue weighted by Gasteiger charge is -2.05. The van der Waals surface area contributed by atoms with Gasteiger partial charge in [0, 0.05) is 12.8 Å². The Kier molecular flexibility index (Phi) is 9.54. The van der Waals surface area contributed by atoms with E-state index < -0.39 is 6.16 Å². The first-order valence-electron chi connectivity index (χ1n) is 4.24. The average Bonchev–Trinajstić information content (AvgIpc) is 2.19. The fourth-order valence-electron chi connectivity index (χ4n) is 0.637. The molecule has 0 aromatic rings. The molecule has 0 radical (unpaired) electrons. The fraction of sp³-hybridized carbons (Fsp3) is 0.857. The molecule has 0 aliphatic carbocycles. The number of nitrogens with two attached hydrogens (primary N) is 2. The van der Waals surface area contributed by atoms with Crippen molar-refractivity contribution in [2.75, 3.05) is 26.4 Å². The number of hydrogen-bond acceptors (Lipinski definition) is 7. The largest absolute Gasteiger partial charge is 0.508 e. The van der Waals surface area contributed by atoms with E-state index in [1.165, 1.54) is 0 Å². The summed E-state index contributed by atoms with van der Waals surface area (Å²) in [5, 5.41) is 0. The van der Waals surface area contributed by atoms with Gasteiger partial charge in [0.15, 0.2) is 0 Å². The number of hydrogen-bond donors (Lipinski definition) is 2. The molecule has 0 aromatic heterocycles. The van der Waals surface area contributed by atoms with Crippen LogP contribution in [0.3, 0.4) is 0 Å². The predicted molar refractivity (Wildman–Crippen MR) is 46.8 cm³/mol. The van der Waals surface area contributed by atoms with E-state index in [9.17, 15) is 4.79 Å². The smallest absolute Gasteiger partial charge is 0.434 e. The molecule has 0 unspecified atom stereocenters. The van der Waals surface area contributed by atoms with Crippen LogP contribution in [0.4, 0.5) is 4.79 Å². The molecular weight excluding hydrogens is 192 g/mol. The van der Waals surface area contributed by atoms with E-state index in [4.69, 9.17) is 11.8 Å². The van der Waals surface area contributed by atoms with Crippen molar-refractivity contribution in [2.24, 2.45) is 11.8 Å². The molecule has 0 aliphatic heterocycles. The lowest BCUT2D eigenvalue weighted by Crippen LogP contribution is -2.13. The minimum Gasteiger partial charge on any atom is -0.434 e. The summed E-state index contributed by atoms with van der Waals surface area (Å²) in [4.78, 5) is 19.3. The molecule has 0 aliphatic rings. The fourth-order valence-corrected chi connectivity index (χ4v) is 0.637. The minimum absolute atomic E-state index is 0.226. The lowest BCUT2D eigenvalue weighted by molar-refractivity contribution is 0.0375. The molecule has 0 spiro atoms. The van der Waals surface area contributed by atoms with Gasteiger partial charge in [0.25, 0.3) is 0 Å². The van der Waals surface area contributed by atoms with Gasteiger partial charge >= 0.3 is 6.16 Å². The van der Waals surface area contributed by atoms with E-state index in [-0.39, 0.29) is 13.2 Å². The molecule has 0 rings (SSSR count). The van der Waals surface area contributed by atoms with Crippen molar-refractivity contribution in [3.63, 3.8) is 0 Å². The first kappa shape index (κ1) is 13.1. The quantitative estimate of drug-likeness (QED) is 0.320. The Labute approximate surface area is 82.1 Å². The van der Waals surface area contributed by atoms with Crippen molar-refractivity contribution in [3.05, 3.63) is 0 Å². The van der Waals surface area contributed by atoms with Gasteiger partial charge in [-0.1, -0.05) is 0 Å². The molecular formula is C7H16N2O5. The molecule has 0 aromatic carbocycles. The van der Waals surface area contributed by atoms with Gasteiger partial charge in [-0.3, -0.25) is 0 Å². The third-order valence-electron chi connectivity index (χ3n) is 1.25. The first-order chi connectivity index (χ1) is 6.81. The second-order valence-corrected chi connectivity index (χ2v) is 2.40. The van der Waals surface area contributed by atoms with E-state index in [2.05, 4.69) is 19.1 Å². The first-order valence-corrected chi connectivity index (χ1v) is 4.24. The summed E-state index contributed by atoms with van der Waals surface area (Å²) >= 11 is 0. The van der Waals surface area contributed by atoms with E-state index in [0.29, 0.717) is 26.1 Å². The zero-order valence-corrected chi connectivity index (χ0v) is 7.94. The SMILES string of the molecule is NOCCCOC(=O)OCCCON. The summed E-state index contributed by atoms with van der Waals surface area (Å²) < 4.78 is 9.31. The zero-order valence-electron chi connectivity index (χ0n) is 7.94. The maximum Gasteiger partial charge on any atom is 0.508 e. The monoisotopic (exact) mass is 208 g/mol. The second-order valence-electron chi connectivity index (χ2n) is 2.40. The van der Waals surface area contributed by atoms with E-state index in [1.807, 2.05) is 0 Å². The maximum atomic E-state index is 10.8. The molecule has 0 amide bonds. The Morgan fingerprint density at radius 1 is 0.857 bits per heavy atom. The van der Waals surface area contributed by atoms with Crippen LogP contribution in [0.5, 0.6) is 0 Å². The van der Waals surface area contributed by atoms with Crippen molar-refractivity contribution in [2.45, 2.75) is 12.8 Å². The van der Waals surface area contributed by atoms with Gasteiger partial charge in [0.1, 0.15) is 0 Å². The summed E-state index contributed by atoms with van der Waals surface area (Å²) in [5.41, 5.74) is 0. The summed E-state index contributed by atoms with van der Waals surface area (Å²) in [6.45, 7) is 1.13. The molecule has 14 heavy (non-hydrogen) atoms. The maximum absolute atomic E-state index is 10.8. The third-order valence-corrected chi connectivity index (χ3v) is 1.25. The Bertz CT molecular complexity index is 130. The Morgan fingerprint density at radius 3 is 1.64 bits per heavy atom. The highest BCUT2D eigenvalue weighted by molar-refractivity contribution is 5.59. The van der Waals surface area contributed by atoms with Gasteiger partial charge in [0.05, 0.1) is 26.4 Å². The van der Waals surface area contributed by atoms with Gasteiger partial charge in [-0.05, 0) is 0 Å². The normalized spacial score (nSPS) is 9.86. The number of carbonyl (C=O) groups excluding carboxylic acids is 1. The number of ether oxygens (including phenoxy) is 2. The van der Waals surface area contributed by atoms with Crippen LogP contribution in [0.25, 0.3) is 0 Å². The molecule has 0 fully saturated rings. The Hall–Kier alpha value is -0.890. The van der Waals surface area contributed by atoms with Gasteiger partial charge in [-0.15, -0.1) is 0 Å². The van der Waals surface area contributed by atoms with Crippen LogP contribution in [0.2, 0.25) is 0 Å². The van der Waals surface area contributed by atoms with Crippen molar-refractivity contribution in [1.29, 1.82) is 0 Å². The molecule has 0 atom stereocenters. The zero-order chi connectivity index (χ0) is 10.6. The van der Waals surface area contributed by atoms with Gasteiger partial charge in [-0.25, -0.2) is 16.6 Å². The van der Waals surface area contributed by atoms with Gasteiger partial charge < -0.3 is 19.1 Å². The molecule has 4 N–H and O–H groups in total. The van der Waals surface area contributed by atoms with Crippen LogP contribution in [0, 0.1) is 0 Å². The molecule has 84 valence electrons. The van der Waals surface area contributed by atoms with Crippen molar-refractivity contribution in [3.8, 4) is 0 Å². The van der Waals surface area contributed by atoms with Crippen LogP contribution in [0.15, 0.2) is 0 Å². The summed E-state index contributed by atoms with van der Waals surface area (Å²) in [6.07, 6.45) is 0.369. The molecule has 0 heterocycles. The highest BCUT2D eigenvalue weighted by Gasteiger charge is 2.02. The van der Waals surface area contributed by atoms with Crippen molar-refractivity contribution in [1.82, 2.24) is 0 Å². The highest BCUT2D eigenvalue weighted by atomic mass is 16.7. The Morgan fingerprint density at radius 2 is 1.29 bits per heavy atom. The van der Waals surface area contributed by atoms with Gasteiger partial charge in [0.2, 0.25) is 0 Å². The number of carbonyl (C=O) groups is 1. The second kappa shape index (κ2) is 10.2.